The maximum absolute atomic E-state index is 8.93. The molecular formula is C15H26N2O3. The summed E-state index contributed by atoms with van der Waals surface area (Å²) in [4.78, 5) is 2.54. The third-order valence-corrected chi connectivity index (χ3v) is 3.88. The predicted octanol–water partition coefficient (Wildman–Crippen LogP) is 1.64. The predicted molar refractivity (Wildman–Crippen MR) is 76.7 cm³/mol. The lowest BCUT2D eigenvalue weighted by Gasteiger charge is -2.49. The van der Waals surface area contributed by atoms with Crippen molar-refractivity contribution in [2.45, 2.75) is 45.1 Å². The van der Waals surface area contributed by atoms with Gasteiger partial charge in [-0.1, -0.05) is 19.0 Å². The van der Waals surface area contributed by atoms with Crippen molar-refractivity contribution in [1.29, 1.82) is 0 Å². The summed E-state index contributed by atoms with van der Waals surface area (Å²) in [5.41, 5.74) is 1.05. The number of hydrogen-bond donors (Lipinski definition) is 1. The molecule has 1 aliphatic heterocycles. The lowest BCUT2D eigenvalue weighted by atomic mass is 9.88. The van der Waals surface area contributed by atoms with Crippen molar-refractivity contribution >= 4 is 0 Å². The topological polar surface area (TPSA) is 58.7 Å². The average Bonchev–Trinajstić information content (AvgIpc) is 2.82. The van der Waals surface area contributed by atoms with Gasteiger partial charge in [0.25, 0.3) is 0 Å². The van der Waals surface area contributed by atoms with Gasteiger partial charge in [-0.2, -0.15) is 0 Å². The number of aliphatic hydroxyl groups is 1. The largest absolute Gasteiger partial charge is 0.396 e. The molecule has 1 aromatic heterocycles. The lowest BCUT2D eigenvalue weighted by molar-refractivity contribution is -0.141. The SMILES string of the molecule is CCCN(CCC)C1(Cc2cc(CCO)on2)COC1. The fourth-order valence-corrected chi connectivity index (χ4v) is 2.86. The molecule has 0 spiro atoms. The van der Waals surface area contributed by atoms with Crippen LogP contribution in [0.25, 0.3) is 0 Å². The Balaban J connectivity index is 2.05. The zero-order valence-electron chi connectivity index (χ0n) is 12.6. The van der Waals surface area contributed by atoms with Crippen molar-refractivity contribution in [3.05, 3.63) is 17.5 Å². The average molecular weight is 282 g/mol. The van der Waals surface area contributed by atoms with Gasteiger partial charge in [0.05, 0.1) is 31.1 Å². The molecule has 2 heterocycles. The van der Waals surface area contributed by atoms with Gasteiger partial charge >= 0.3 is 0 Å². The summed E-state index contributed by atoms with van der Waals surface area (Å²) in [6.07, 6.45) is 3.69. The highest BCUT2D eigenvalue weighted by Gasteiger charge is 2.44. The molecule has 0 saturated carbocycles. The van der Waals surface area contributed by atoms with Crippen LogP contribution in [0.1, 0.15) is 38.1 Å². The van der Waals surface area contributed by atoms with E-state index in [0.717, 1.165) is 57.0 Å². The van der Waals surface area contributed by atoms with E-state index >= 15 is 0 Å². The number of nitrogens with zero attached hydrogens (tertiary/aromatic N) is 2. The van der Waals surface area contributed by atoms with Gasteiger partial charge in [0.2, 0.25) is 0 Å². The van der Waals surface area contributed by atoms with Gasteiger partial charge in [-0.3, -0.25) is 4.90 Å². The van der Waals surface area contributed by atoms with Crippen molar-refractivity contribution in [2.75, 3.05) is 32.9 Å². The monoisotopic (exact) mass is 282 g/mol. The lowest BCUT2D eigenvalue weighted by Crippen LogP contribution is -2.64. The Hall–Kier alpha value is -0.910. The second-order valence-corrected chi connectivity index (χ2v) is 5.64. The number of rotatable bonds is 9. The quantitative estimate of drug-likeness (QED) is 0.746. The van der Waals surface area contributed by atoms with E-state index in [0.29, 0.717) is 6.42 Å². The van der Waals surface area contributed by atoms with E-state index in [4.69, 9.17) is 14.4 Å². The molecule has 1 aromatic rings. The van der Waals surface area contributed by atoms with Crippen LogP contribution < -0.4 is 0 Å². The van der Waals surface area contributed by atoms with Crippen LogP contribution in [-0.2, 0) is 17.6 Å². The molecule has 1 N–H and O–H groups in total. The summed E-state index contributed by atoms with van der Waals surface area (Å²) in [6, 6.07) is 1.96. The van der Waals surface area contributed by atoms with Crippen molar-refractivity contribution in [3.63, 3.8) is 0 Å². The third-order valence-electron chi connectivity index (χ3n) is 3.88. The number of aromatic nitrogens is 1. The van der Waals surface area contributed by atoms with Crippen LogP contribution in [0.2, 0.25) is 0 Å². The fraction of sp³-hybridized carbons (Fsp3) is 0.800. The summed E-state index contributed by atoms with van der Waals surface area (Å²) in [5.74, 6) is 0.760. The second-order valence-electron chi connectivity index (χ2n) is 5.64. The first-order valence-corrected chi connectivity index (χ1v) is 7.62. The van der Waals surface area contributed by atoms with Crippen LogP contribution in [0, 0.1) is 0 Å². The molecule has 1 fully saturated rings. The summed E-state index contributed by atoms with van der Waals surface area (Å²) in [5, 5.41) is 13.1. The Morgan fingerprint density at radius 1 is 1.30 bits per heavy atom. The van der Waals surface area contributed by atoms with Gasteiger partial charge in [-0.25, -0.2) is 0 Å². The highest BCUT2D eigenvalue weighted by atomic mass is 16.5. The Morgan fingerprint density at radius 2 is 2.00 bits per heavy atom. The smallest absolute Gasteiger partial charge is 0.139 e. The maximum atomic E-state index is 8.93. The van der Waals surface area contributed by atoms with Gasteiger partial charge in [0.15, 0.2) is 0 Å². The highest BCUT2D eigenvalue weighted by molar-refractivity contribution is 5.12. The minimum Gasteiger partial charge on any atom is -0.396 e. The van der Waals surface area contributed by atoms with Crippen LogP contribution in [-0.4, -0.2) is 53.6 Å². The van der Waals surface area contributed by atoms with Crippen molar-refractivity contribution in [1.82, 2.24) is 10.1 Å². The van der Waals surface area contributed by atoms with Crippen LogP contribution in [0.5, 0.6) is 0 Å². The van der Waals surface area contributed by atoms with E-state index in [-0.39, 0.29) is 12.1 Å². The van der Waals surface area contributed by atoms with E-state index in [2.05, 4.69) is 23.9 Å². The van der Waals surface area contributed by atoms with E-state index < -0.39 is 0 Å². The molecule has 5 nitrogen and oxygen atoms in total. The first-order valence-electron chi connectivity index (χ1n) is 7.62. The zero-order chi connectivity index (χ0) is 14.4. The number of aliphatic hydroxyl groups excluding tert-OH is 1. The molecule has 0 radical (unpaired) electrons. The van der Waals surface area contributed by atoms with Gasteiger partial charge in [-0.05, 0) is 25.9 Å². The molecule has 2 rings (SSSR count). The molecule has 1 aliphatic rings. The molecule has 0 bridgehead atoms. The molecular weight excluding hydrogens is 256 g/mol. The van der Waals surface area contributed by atoms with Crippen molar-refractivity contribution in [3.8, 4) is 0 Å². The van der Waals surface area contributed by atoms with Crippen LogP contribution in [0.3, 0.4) is 0 Å². The van der Waals surface area contributed by atoms with E-state index in [1.165, 1.54) is 0 Å². The highest BCUT2D eigenvalue weighted by Crippen LogP contribution is 2.30. The molecule has 1 saturated heterocycles. The zero-order valence-corrected chi connectivity index (χ0v) is 12.6. The van der Waals surface area contributed by atoms with Crippen molar-refractivity contribution in [2.24, 2.45) is 0 Å². The summed E-state index contributed by atoms with van der Waals surface area (Å²) >= 11 is 0. The Morgan fingerprint density at radius 3 is 2.50 bits per heavy atom. The first kappa shape index (κ1) is 15.5. The summed E-state index contributed by atoms with van der Waals surface area (Å²) in [7, 11) is 0. The molecule has 20 heavy (non-hydrogen) atoms. The normalized spacial score (nSPS) is 17.4. The molecule has 0 atom stereocenters. The van der Waals surface area contributed by atoms with E-state index in [1.54, 1.807) is 0 Å². The molecule has 0 amide bonds. The van der Waals surface area contributed by atoms with E-state index in [9.17, 15) is 0 Å². The molecule has 0 aromatic carbocycles. The van der Waals surface area contributed by atoms with Gasteiger partial charge in [0.1, 0.15) is 5.76 Å². The minimum atomic E-state index is 0.0827. The molecule has 0 aliphatic carbocycles. The summed E-state index contributed by atoms with van der Waals surface area (Å²) < 4.78 is 10.7. The molecule has 114 valence electrons. The van der Waals surface area contributed by atoms with Crippen LogP contribution in [0.15, 0.2) is 10.6 Å². The standard InChI is InChI=1S/C15H26N2O3/c1-3-6-17(7-4-2)15(11-19-12-15)10-13-9-14(5-8-18)20-16-13/h9,18H,3-8,10-12H2,1-2H3. The van der Waals surface area contributed by atoms with Crippen LogP contribution >= 0.6 is 0 Å². The summed E-state index contributed by atoms with van der Waals surface area (Å²) in [6.45, 7) is 8.26. The minimum absolute atomic E-state index is 0.0827. The number of hydrogen-bond acceptors (Lipinski definition) is 5. The van der Waals surface area contributed by atoms with Gasteiger partial charge in [0, 0.05) is 18.9 Å². The Bertz CT molecular complexity index is 396. The maximum Gasteiger partial charge on any atom is 0.139 e. The second kappa shape index (κ2) is 7.20. The van der Waals surface area contributed by atoms with Crippen molar-refractivity contribution < 1.29 is 14.4 Å². The molecule has 5 heteroatoms. The number of ether oxygens (including phenoxy) is 1. The van der Waals surface area contributed by atoms with Gasteiger partial charge < -0.3 is 14.4 Å². The fourth-order valence-electron chi connectivity index (χ4n) is 2.86. The third kappa shape index (κ3) is 3.40. The first-order chi connectivity index (χ1) is 9.74. The van der Waals surface area contributed by atoms with Gasteiger partial charge in [-0.15, -0.1) is 0 Å². The Kier molecular flexibility index (Phi) is 5.57. The Labute approximate surface area is 120 Å². The van der Waals surface area contributed by atoms with E-state index in [1.807, 2.05) is 6.07 Å². The van der Waals surface area contributed by atoms with Crippen LogP contribution in [0.4, 0.5) is 0 Å². The molecule has 0 unspecified atom stereocenters.